The second-order valence-electron chi connectivity index (χ2n) is 4.27. The van der Waals surface area contributed by atoms with Gasteiger partial charge in [0.1, 0.15) is 4.21 Å². The van der Waals surface area contributed by atoms with E-state index in [4.69, 9.17) is 0 Å². The molecule has 0 aliphatic carbocycles. The summed E-state index contributed by atoms with van der Waals surface area (Å²) in [4.78, 5) is 12.1. The molecule has 20 heavy (non-hydrogen) atoms. The summed E-state index contributed by atoms with van der Waals surface area (Å²) in [5, 5.41) is 13.9. The van der Waals surface area contributed by atoms with Gasteiger partial charge in [-0.05, 0) is 21.0 Å². The summed E-state index contributed by atoms with van der Waals surface area (Å²) in [5.74, 6) is 0. The zero-order valence-electron chi connectivity index (χ0n) is 11.5. The first-order valence-electron chi connectivity index (χ1n) is 5.94. The summed E-state index contributed by atoms with van der Waals surface area (Å²) in [6.07, 6.45) is 0. The SMILES string of the molecule is CCNc1sc(S(=O)(=O)NCCN(C)C)cc1[N+](=O)[O-]. The van der Waals surface area contributed by atoms with E-state index in [0.717, 1.165) is 17.4 Å². The minimum Gasteiger partial charge on any atom is -0.372 e. The fourth-order valence-electron chi connectivity index (χ4n) is 1.39. The number of thiophene rings is 1. The zero-order valence-corrected chi connectivity index (χ0v) is 13.2. The summed E-state index contributed by atoms with van der Waals surface area (Å²) in [7, 11) is -0.0582. The van der Waals surface area contributed by atoms with Crippen molar-refractivity contribution in [1.82, 2.24) is 9.62 Å². The maximum absolute atomic E-state index is 12.0. The Morgan fingerprint density at radius 3 is 2.60 bits per heavy atom. The van der Waals surface area contributed by atoms with Crippen LogP contribution in [0.3, 0.4) is 0 Å². The van der Waals surface area contributed by atoms with Gasteiger partial charge in [-0.25, -0.2) is 13.1 Å². The van der Waals surface area contributed by atoms with Crippen LogP contribution in [0.1, 0.15) is 6.92 Å². The Bertz CT molecular complexity index is 568. The Labute approximate surface area is 122 Å². The third-order valence-electron chi connectivity index (χ3n) is 2.34. The number of nitrogens with one attached hydrogen (secondary N) is 2. The van der Waals surface area contributed by atoms with Crippen molar-refractivity contribution in [3.05, 3.63) is 16.2 Å². The predicted molar refractivity (Wildman–Crippen MR) is 78.9 cm³/mol. The summed E-state index contributed by atoms with van der Waals surface area (Å²) in [5.41, 5.74) is -0.218. The molecule has 0 unspecified atom stereocenters. The summed E-state index contributed by atoms with van der Waals surface area (Å²) in [6.45, 7) is 3.06. The lowest BCUT2D eigenvalue weighted by Gasteiger charge is -2.09. The number of hydrogen-bond donors (Lipinski definition) is 2. The van der Waals surface area contributed by atoms with E-state index in [1.165, 1.54) is 0 Å². The largest absolute Gasteiger partial charge is 0.372 e. The van der Waals surface area contributed by atoms with Gasteiger partial charge in [0.2, 0.25) is 10.0 Å². The van der Waals surface area contributed by atoms with Gasteiger partial charge in [0.05, 0.1) is 4.92 Å². The average Bonchev–Trinajstić information content (AvgIpc) is 2.73. The lowest BCUT2D eigenvalue weighted by molar-refractivity contribution is -0.383. The van der Waals surface area contributed by atoms with Crippen LogP contribution in [-0.4, -0.2) is 52.0 Å². The maximum Gasteiger partial charge on any atom is 0.304 e. The van der Waals surface area contributed by atoms with E-state index >= 15 is 0 Å². The van der Waals surface area contributed by atoms with Crippen molar-refractivity contribution >= 4 is 32.0 Å². The molecule has 2 N–H and O–H groups in total. The normalized spacial score (nSPS) is 11.8. The van der Waals surface area contributed by atoms with Crippen LogP contribution in [0.15, 0.2) is 10.3 Å². The van der Waals surface area contributed by atoms with Gasteiger partial charge in [0.25, 0.3) is 0 Å². The lowest BCUT2D eigenvalue weighted by atomic mass is 10.5. The van der Waals surface area contributed by atoms with Gasteiger partial charge in [-0.15, -0.1) is 0 Å². The quantitative estimate of drug-likeness (QED) is 0.545. The Morgan fingerprint density at radius 2 is 2.10 bits per heavy atom. The van der Waals surface area contributed by atoms with E-state index in [9.17, 15) is 18.5 Å². The van der Waals surface area contributed by atoms with Crippen LogP contribution in [0.2, 0.25) is 0 Å². The van der Waals surface area contributed by atoms with E-state index in [1.54, 1.807) is 6.92 Å². The average molecular weight is 322 g/mol. The Balaban J connectivity index is 2.95. The Morgan fingerprint density at radius 1 is 1.45 bits per heavy atom. The van der Waals surface area contributed by atoms with Crippen molar-refractivity contribution < 1.29 is 13.3 Å². The number of anilines is 1. The molecule has 0 amide bonds. The molecular weight excluding hydrogens is 304 g/mol. The van der Waals surface area contributed by atoms with Gasteiger partial charge in [0.15, 0.2) is 5.00 Å². The molecule has 0 radical (unpaired) electrons. The van der Waals surface area contributed by atoms with Crippen molar-refractivity contribution in [3.8, 4) is 0 Å². The maximum atomic E-state index is 12.0. The third-order valence-corrected chi connectivity index (χ3v) is 5.36. The summed E-state index contributed by atoms with van der Waals surface area (Å²) >= 11 is 0.861. The standard InChI is InChI=1S/C10H18N4O4S2/c1-4-11-10-8(14(15)16)7-9(19-10)20(17,18)12-5-6-13(2)3/h7,11-12H,4-6H2,1-3H3. The van der Waals surface area contributed by atoms with Crippen LogP contribution in [0, 0.1) is 10.1 Å². The van der Waals surface area contributed by atoms with Gasteiger partial charge in [-0.2, -0.15) is 0 Å². The number of nitro groups is 1. The molecule has 0 aliphatic heterocycles. The minimum absolute atomic E-state index is 0.0566. The molecule has 0 aromatic carbocycles. The molecule has 1 aromatic heterocycles. The number of rotatable bonds is 8. The molecule has 0 aliphatic rings. The van der Waals surface area contributed by atoms with Crippen LogP contribution in [-0.2, 0) is 10.0 Å². The fraction of sp³-hybridized carbons (Fsp3) is 0.600. The van der Waals surface area contributed by atoms with E-state index in [2.05, 4.69) is 10.0 Å². The monoisotopic (exact) mass is 322 g/mol. The van der Waals surface area contributed by atoms with Crippen LogP contribution >= 0.6 is 11.3 Å². The van der Waals surface area contributed by atoms with Crippen molar-refractivity contribution in [1.29, 1.82) is 0 Å². The zero-order chi connectivity index (χ0) is 15.3. The molecule has 0 saturated carbocycles. The van der Waals surface area contributed by atoms with E-state index in [1.807, 2.05) is 19.0 Å². The number of hydrogen-bond acceptors (Lipinski definition) is 7. The van der Waals surface area contributed by atoms with E-state index in [-0.39, 0.29) is 21.4 Å². The smallest absolute Gasteiger partial charge is 0.304 e. The molecule has 0 fully saturated rings. The highest BCUT2D eigenvalue weighted by Crippen LogP contribution is 2.36. The molecule has 1 heterocycles. The molecule has 0 saturated heterocycles. The van der Waals surface area contributed by atoms with Crippen LogP contribution in [0.25, 0.3) is 0 Å². The molecule has 10 heteroatoms. The van der Waals surface area contributed by atoms with Gasteiger partial charge in [0, 0.05) is 25.7 Å². The van der Waals surface area contributed by atoms with Crippen molar-refractivity contribution in [2.45, 2.75) is 11.1 Å². The van der Waals surface area contributed by atoms with Crippen molar-refractivity contribution in [2.24, 2.45) is 0 Å². The molecule has 0 bridgehead atoms. The number of likely N-dealkylation sites (N-methyl/N-ethyl adjacent to an activating group) is 1. The van der Waals surface area contributed by atoms with Crippen molar-refractivity contribution in [2.75, 3.05) is 39.0 Å². The number of nitrogens with zero attached hydrogens (tertiary/aromatic N) is 2. The fourth-order valence-corrected chi connectivity index (χ4v) is 3.85. The highest BCUT2D eigenvalue weighted by Gasteiger charge is 2.25. The highest BCUT2D eigenvalue weighted by molar-refractivity contribution is 7.91. The Hall–Kier alpha value is -1.23. The first kappa shape index (κ1) is 16.8. The molecule has 1 aromatic rings. The molecule has 1 rings (SSSR count). The molecule has 0 spiro atoms. The van der Waals surface area contributed by atoms with Gasteiger partial charge >= 0.3 is 5.69 Å². The second-order valence-corrected chi connectivity index (χ2v) is 7.31. The predicted octanol–water partition coefficient (Wildman–Crippen LogP) is 0.928. The van der Waals surface area contributed by atoms with Gasteiger partial charge in [-0.1, -0.05) is 11.3 Å². The second kappa shape index (κ2) is 6.97. The summed E-state index contributed by atoms with van der Waals surface area (Å²) < 4.78 is 26.4. The first-order valence-corrected chi connectivity index (χ1v) is 8.24. The lowest BCUT2D eigenvalue weighted by Crippen LogP contribution is -2.30. The molecule has 0 atom stereocenters. The van der Waals surface area contributed by atoms with Gasteiger partial charge in [-0.3, -0.25) is 10.1 Å². The Kier molecular flexibility index (Phi) is 5.87. The number of sulfonamides is 1. The van der Waals surface area contributed by atoms with Crippen molar-refractivity contribution in [3.63, 3.8) is 0 Å². The van der Waals surface area contributed by atoms with Crippen LogP contribution < -0.4 is 10.0 Å². The summed E-state index contributed by atoms with van der Waals surface area (Å²) in [6, 6.07) is 1.08. The topological polar surface area (TPSA) is 105 Å². The third kappa shape index (κ3) is 4.40. The minimum atomic E-state index is -3.71. The molecule has 8 nitrogen and oxygen atoms in total. The first-order chi connectivity index (χ1) is 9.27. The molecule has 114 valence electrons. The van der Waals surface area contributed by atoms with Gasteiger partial charge < -0.3 is 10.2 Å². The van der Waals surface area contributed by atoms with E-state index in [0.29, 0.717) is 13.1 Å². The van der Waals surface area contributed by atoms with Crippen LogP contribution in [0.5, 0.6) is 0 Å². The molecular formula is C10H18N4O4S2. The highest BCUT2D eigenvalue weighted by atomic mass is 32.2. The van der Waals surface area contributed by atoms with Crippen LogP contribution in [0.4, 0.5) is 10.7 Å². The van der Waals surface area contributed by atoms with E-state index < -0.39 is 14.9 Å².